The number of likely N-dealkylation sites (N-methyl/N-ethyl adjacent to an activating group) is 1. The SMILES string of the molecule is CC/C=C\C/C=C\C/C=C\C/C=C\C/C=C\C/C=C\C/C=C\CCCC(=O)NC(COP(=O)(O)OCC[N+](C)(C)C)C(O)/C=C/CC/C=C/CCCCCCCCCCCCCCCCCCCCCCCCCCCC. The van der Waals surface area contributed by atoms with E-state index >= 15 is 0 Å². The highest BCUT2D eigenvalue weighted by Gasteiger charge is 2.27. The summed E-state index contributed by atoms with van der Waals surface area (Å²) in [6.45, 7) is 4.65. The molecule has 9 heteroatoms. The van der Waals surface area contributed by atoms with Gasteiger partial charge in [-0.2, -0.15) is 0 Å². The molecule has 0 heterocycles. The van der Waals surface area contributed by atoms with Crippen molar-refractivity contribution >= 4 is 13.7 Å². The Labute approximate surface area is 476 Å². The van der Waals surface area contributed by atoms with Crippen LogP contribution in [0.25, 0.3) is 0 Å². The molecule has 0 aromatic rings. The molecule has 3 atom stereocenters. The molecule has 0 bridgehead atoms. The first-order valence-electron chi connectivity index (χ1n) is 31.8. The molecule has 0 aliphatic carbocycles. The van der Waals surface area contributed by atoms with Crippen molar-refractivity contribution in [2.45, 2.75) is 276 Å². The third-order valence-corrected chi connectivity index (χ3v) is 14.7. The minimum atomic E-state index is -4.38. The topological polar surface area (TPSA) is 105 Å². The second kappa shape index (κ2) is 57.8. The second-order valence-corrected chi connectivity index (χ2v) is 23.8. The number of nitrogens with zero attached hydrogens (tertiary/aromatic N) is 1. The van der Waals surface area contributed by atoms with Gasteiger partial charge in [-0.15, -0.1) is 0 Å². The van der Waals surface area contributed by atoms with Gasteiger partial charge in [0.25, 0.3) is 0 Å². The van der Waals surface area contributed by atoms with Crippen molar-refractivity contribution in [3.63, 3.8) is 0 Å². The summed E-state index contributed by atoms with van der Waals surface area (Å²) in [6.07, 6.45) is 85.2. The van der Waals surface area contributed by atoms with E-state index in [9.17, 15) is 19.4 Å². The number of phosphoric acid groups is 1. The molecule has 0 aliphatic heterocycles. The molecule has 0 aliphatic rings. The molecule has 8 nitrogen and oxygen atoms in total. The Hall–Kier alpha value is -2.84. The van der Waals surface area contributed by atoms with Crippen LogP contribution in [-0.2, 0) is 18.4 Å². The van der Waals surface area contributed by atoms with Crippen LogP contribution < -0.4 is 5.32 Å². The summed E-state index contributed by atoms with van der Waals surface area (Å²) in [5, 5.41) is 13.9. The Morgan fingerprint density at radius 3 is 1.19 bits per heavy atom. The highest BCUT2D eigenvalue weighted by molar-refractivity contribution is 7.47. The van der Waals surface area contributed by atoms with E-state index in [0.29, 0.717) is 17.4 Å². The molecular weight excluding hydrogens is 972 g/mol. The molecule has 3 unspecified atom stereocenters. The van der Waals surface area contributed by atoms with Crippen molar-refractivity contribution in [2.24, 2.45) is 0 Å². The molecule has 0 fully saturated rings. The maximum Gasteiger partial charge on any atom is 0.472 e. The van der Waals surface area contributed by atoms with E-state index in [2.05, 4.69) is 116 Å². The number of hydrogen-bond acceptors (Lipinski definition) is 5. The summed E-state index contributed by atoms with van der Waals surface area (Å²) in [5.41, 5.74) is 0. The van der Waals surface area contributed by atoms with E-state index in [1.807, 2.05) is 27.2 Å². The smallest absolute Gasteiger partial charge is 0.387 e. The van der Waals surface area contributed by atoms with Crippen LogP contribution in [-0.4, -0.2) is 73.4 Å². The van der Waals surface area contributed by atoms with Gasteiger partial charge in [-0.3, -0.25) is 13.8 Å². The summed E-state index contributed by atoms with van der Waals surface area (Å²) >= 11 is 0. The van der Waals surface area contributed by atoms with Crippen LogP contribution in [0.4, 0.5) is 0 Å². The fourth-order valence-electron chi connectivity index (χ4n) is 8.81. The summed E-state index contributed by atoms with van der Waals surface area (Å²) in [4.78, 5) is 23.3. The first-order chi connectivity index (χ1) is 37.5. The molecule has 0 spiro atoms. The number of quaternary nitrogens is 1. The molecule has 0 radical (unpaired) electrons. The van der Waals surface area contributed by atoms with E-state index in [4.69, 9.17) is 9.05 Å². The number of unbranched alkanes of at least 4 members (excludes halogenated alkanes) is 28. The van der Waals surface area contributed by atoms with E-state index in [1.54, 1.807) is 6.08 Å². The third-order valence-electron chi connectivity index (χ3n) is 13.7. The number of aliphatic hydroxyl groups excluding tert-OH is 1. The van der Waals surface area contributed by atoms with Crippen LogP contribution in [0.3, 0.4) is 0 Å². The monoisotopic (exact) mass is 1090 g/mol. The number of amides is 1. The molecule has 0 rings (SSSR count). The van der Waals surface area contributed by atoms with Crippen molar-refractivity contribution < 1.29 is 32.9 Å². The summed E-state index contributed by atoms with van der Waals surface area (Å²) in [6, 6.07) is -0.904. The van der Waals surface area contributed by atoms with Crippen LogP contribution in [0.5, 0.6) is 0 Å². The number of carbonyl (C=O) groups excluding carboxylic acids is 1. The number of carbonyl (C=O) groups is 1. The van der Waals surface area contributed by atoms with Gasteiger partial charge in [-0.25, -0.2) is 4.57 Å². The minimum Gasteiger partial charge on any atom is -0.387 e. The lowest BCUT2D eigenvalue weighted by Crippen LogP contribution is -2.45. The molecule has 0 aromatic heterocycles. The van der Waals surface area contributed by atoms with Gasteiger partial charge < -0.3 is 19.8 Å². The molecule has 444 valence electrons. The maximum atomic E-state index is 13.0. The Morgan fingerprint density at radius 1 is 0.455 bits per heavy atom. The molecule has 0 saturated carbocycles. The van der Waals surface area contributed by atoms with Crippen LogP contribution >= 0.6 is 7.82 Å². The van der Waals surface area contributed by atoms with Gasteiger partial charge in [0.2, 0.25) is 5.91 Å². The van der Waals surface area contributed by atoms with E-state index in [1.165, 1.54) is 167 Å². The molecule has 3 N–H and O–H groups in total. The lowest BCUT2D eigenvalue weighted by Gasteiger charge is -2.25. The number of rotatable bonds is 57. The maximum absolute atomic E-state index is 13.0. The summed E-state index contributed by atoms with van der Waals surface area (Å²) < 4.78 is 23.7. The molecule has 1 amide bonds. The Bertz CT molecular complexity index is 1620. The standard InChI is InChI=1S/C68H121N2O6P/c1-6-8-10-12-14-16-18-20-22-24-26-28-30-31-32-33-34-35-36-37-38-40-41-43-45-47-49-51-53-55-57-59-61-67(71)66(65-76-77(73,74)75-64-63-70(3,4)5)69-68(72)62-60-58-56-54-52-50-48-46-44-42-39-29-27-25-23-21-19-17-15-13-11-9-7-2/h9,11,15,17,21,23,27,29,42,44,48,50-51,53-54,56,59,61,66-67,71H,6-8,10,12-14,16,18-20,22,24-26,28,30-41,43,45-47,49,52,55,57-58,60,62-65H2,1-5H3,(H-,69,72,73,74)/p+1/b11-9-,17-15-,23-21-,29-27-,44-42-,50-48-,53-51+,56-54-,61-59+. The predicted molar refractivity (Wildman–Crippen MR) is 336 cm³/mol. The number of nitrogens with one attached hydrogen (secondary N) is 1. The van der Waals surface area contributed by atoms with Crippen LogP contribution in [0.2, 0.25) is 0 Å². The Morgan fingerprint density at radius 2 is 0.792 bits per heavy atom. The van der Waals surface area contributed by atoms with E-state index < -0.39 is 20.0 Å². The van der Waals surface area contributed by atoms with Gasteiger partial charge >= 0.3 is 7.82 Å². The van der Waals surface area contributed by atoms with E-state index in [0.717, 1.165) is 70.6 Å². The van der Waals surface area contributed by atoms with Crippen molar-refractivity contribution in [1.82, 2.24) is 5.32 Å². The number of phosphoric ester groups is 1. The van der Waals surface area contributed by atoms with Crippen LogP contribution in [0.15, 0.2) is 109 Å². The van der Waals surface area contributed by atoms with Gasteiger partial charge in [-0.1, -0.05) is 284 Å². The second-order valence-electron chi connectivity index (χ2n) is 22.4. The van der Waals surface area contributed by atoms with Gasteiger partial charge in [0.05, 0.1) is 39.9 Å². The average Bonchev–Trinajstić information content (AvgIpc) is 3.39. The lowest BCUT2D eigenvalue weighted by molar-refractivity contribution is -0.870. The number of hydrogen-bond donors (Lipinski definition) is 3. The number of allylic oxidation sites excluding steroid dienone is 17. The van der Waals surface area contributed by atoms with Crippen molar-refractivity contribution in [3.05, 3.63) is 109 Å². The van der Waals surface area contributed by atoms with Gasteiger partial charge in [-0.05, 0) is 83.5 Å². The largest absolute Gasteiger partial charge is 0.472 e. The van der Waals surface area contributed by atoms with E-state index in [-0.39, 0.29) is 25.5 Å². The third kappa shape index (κ3) is 60.6. The first-order valence-corrected chi connectivity index (χ1v) is 33.3. The molecule has 0 aromatic carbocycles. The fourth-order valence-corrected chi connectivity index (χ4v) is 9.55. The lowest BCUT2D eigenvalue weighted by atomic mass is 10.0. The minimum absolute atomic E-state index is 0.0393. The fraction of sp³-hybridized carbons (Fsp3) is 0.721. The quantitative estimate of drug-likeness (QED) is 0.0243. The van der Waals surface area contributed by atoms with Crippen LogP contribution in [0, 0.1) is 0 Å². The zero-order chi connectivity index (χ0) is 56.3. The molecule has 0 saturated heterocycles. The van der Waals surface area contributed by atoms with Crippen molar-refractivity contribution in [2.75, 3.05) is 40.9 Å². The summed E-state index contributed by atoms with van der Waals surface area (Å²) in [7, 11) is 1.51. The van der Waals surface area contributed by atoms with Gasteiger partial charge in [0, 0.05) is 6.42 Å². The molecule has 77 heavy (non-hydrogen) atoms. The molecular formula is C68H122N2O6P+. The van der Waals surface area contributed by atoms with Gasteiger partial charge in [0.1, 0.15) is 13.2 Å². The highest BCUT2D eigenvalue weighted by Crippen LogP contribution is 2.43. The number of aliphatic hydroxyl groups is 1. The highest BCUT2D eigenvalue weighted by atomic mass is 31.2. The average molecular weight is 1090 g/mol. The normalized spacial score (nSPS) is 14.5. The predicted octanol–water partition coefficient (Wildman–Crippen LogP) is 19.9. The Balaban J connectivity index is 4.26. The van der Waals surface area contributed by atoms with Crippen molar-refractivity contribution in [3.8, 4) is 0 Å². The van der Waals surface area contributed by atoms with Crippen molar-refractivity contribution in [1.29, 1.82) is 0 Å². The zero-order valence-electron chi connectivity index (χ0n) is 50.7. The Kier molecular flexibility index (Phi) is 55.7. The van der Waals surface area contributed by atoms with Crippen LogP contribution in [0.1, 0.15) is 264 Å². The van der Waals surface area contributed by atoms with Gasteiger partial charge in [0.15, 0.2) is 0 Å². The first kappa shape index (κ1) is 74.2. The zero-order valence-corrected chi connectivity index (χ0v) is 51.6. The summed E-state index contributed by atoms with van der Waals surface area (Å²) in [5.74, 6) is -0.246.